The Labute approximate surface area is 66.6 Å². The zero-order valence-corrected chi connectivity index (χ0v) is 7.03. The van der Waals surface area contributed by atoms with Gasteiger partial charge in [-0.15, -0.1) is 0 Å². The van der Waals surface area contributed by atoms with E-state index in [4.69, 9.17) is 4.74 Å². The van der Waals surface area contributed by atoms with Crippen molar-refractivity contribution in [3.05, 3.63) is 12.4 Å². The summed E-state index contributed by atoms with van der Waals surface area (Å²) in [5.74, 6) is -0.575. The summed E-state index contributed by atoms with van der Waals surface area (Å²) in [6.45, 7) is 0. The number of hydrogen-bond donors (Lipinski definition) is 1. The molecule has 1 N–H and O–H groups in total. The van der Waals surface area contributed by atoms with Gasteiger partial charge in [0.1, 0.15) is 0 Å². The molecule has 0 saturated heterocycles. The molecule has 0 spiro atoms. The molecule has 0 aliphatic carbocycles. The molecule has 1 heterocycles. The first-order chi connectivity index (χ1) is 5.21. The monoisotopic (exact) mass is 155 g/mol. The number of nitrogens with zero attached hydrogens (tertiary/aromatic N) is 2. The van der Waals surface area contributed by atoms with Crippen LogP contribution in [0.1, 0.15) is 0 Å². The number of rotatable bonds is 2. The molecule has 0 fully saturated rings. The molecular formula is C7H13N3O. The summed E-state index contributed by atoms with van der Waals surface area (Å²) in [6.07, 6.45) is 5.15. The van der Waals surface area contributed by atoms with Gasteiger partial charge in [0.2, 0.25) is 5.85 Å². The van der Waals surface area contributed by atoms with E-state index < -0.39 is 5.85 Å². The molecule has 1 unspecified atom stereocenters. The Balaban J connectivity index is 2.77. The quantitative estimate of drug-likeness (QED) is 0.570. The molecule has 0 aromatic heterocycles. The fourth-order valence-corrected chi connectivity index (χ4v) is 0.920. The van der Waals surface area contributed by atoms with Gasteiger partial charge in [0.25, 0.3) is 0 Å². The highest BCUT2D eigenvalue weighted by atomic mass is 16.5. The predicted octanol–water partition coefficient (Wildman–Crippen LogP) is -0.00660. The van der Waals surface area contributed by atoms with E-state index in [9.17, 15) is 0 Å². The third-order valence-electron chi connectivity index (χ3n) is 1.68. The summed E-state index contributed by atoms with van der Waals surface area (Å²) in [5, 5.41) is 3.06. The van der Waals surface area contributed by atoms with Crippen LogP contribution in [0.4, 0.5) is 0 Å². The zero-order valence-electron chi connectivity index (χ0n) is 7.03. The van der Waals surface area contributed by atoms with Crippen molar-refractivity contribution in [2.45, 2.75) is 5.85 Å². The van der Waals surface area contributed by atoms with Crippen LogP contribution in [-0.2, 0) is 4.74 Å². The van der Waals surface area contributed by atoms with E-state index in [1.165, 1.54) is 0 Å². The minimum Gasteiger partial charge on any atom is -0.345 e. The van der Waals surface area contributed by atoms with Gasteiger partial charge in [-0.2, -0.15) is 0 Å². The Morgan fingerprint density at radius 1 is 1.55 bits per heavy atom. The average molecular weight is 155 g/mol. The summed E-state index contributed by atoms with van der Waals surface area (Å²) in [7, 11) is 5.47. The molecule has 0 aromatic rings. The number of aliphatic imine (C=N–C) groups is 1. The molecule has 0 aromatic carbocycles. The summed E-state index contributed by atoms with van der Waals surface area (Å²) in [6, 6.07) is 0. The molecule has 0 radical (unpaired) electrons. The van der Waals surface area contributed by atoms with Crippen LogP contribution < -0.4 is 5.32 Å². The largest absolute Gasteiger partial charge is 0.345 e. The molecule has 4 heteroatoms. The highest BCUT2D eigenvalue weighted by Gasteiger charge is 2.29. The molecular weight excluding hydrogens is 142 g/mol. The van der Waals surface area contributed by atoms with Gasteiger partial charge in [-0.05, 0) is 14.1 Å². The number of methoxy groups -OCH3 is 1. The maximum Gasteiger partial charge on any atom is 0.235 e. The van der Waals surface area contributed by atoms with Gasteiger partial charge in [0.15, 0.2) is 0 Å². The van der Waals surface area contributed by atoms with Crippen LogP contribution in [0.2, 0.25) is 0 Å². The van der Waals surface area contributed by atoms with Crippen LogP contribution >= 0.6 is 0 Å². The Morgan fingerprint density at radius 2 is 2.27 bits per heavy atom. The second-order valence-corrected chi connectivity index (χ2v) is 2.53. The van der Waals surface area contributed by atoms with E-state index in [0.29, 0.717) is 0 Å². The first-order valence-corrected chi connectivity index (χ1v) is 3.41. The van der Waals surface area contributed by atoms with Gasteiger partial charge in [0, 0.05) is 19.5 Å². The third kappa shape index (κ3) is 1.41. The van der Waals surface area contributed by atoms with Crippen molar-refractivity contribution in [3.63, 3.8) is 0 Å². The Kier molecular flexibility index (Phi) is 2.26. The predicted molar refractivity (Wildman–Crippen MR) is 44.2 cm³/mol. The second-order valence-electron chi connectivity index (χ2n) is 2.53. The molecule has 1 aliphatic rings. The number of ether oxygens (including phenoxy) is 1. The summed E-state index contributed by atoms with van der Waals surface area (Å²) in [4.78, 5) is 5.89. The van der Waals surface area contributed by atoms with Gasteiger partial charge in [-0.3, -0.25) is 9.89 Å². The lowest BCUT2D eigenvalue weighted by molar-refractivity contribution is -0.0698. The lowest BCUT2D eigenvalue weighted by atomic mass is 10.4. The fourth-order valence-electron chi connectivity index (χ4n) is 0.920. The smallest absolute Gasteiger partial charge is 0.235 e. The molecule has 1 aliphatic heterocycles. The first kappa shape index (κ1) is 8.23. The molecule has 11 heavy (non-hydrogen) atoms. The summed E-state index contributed by atoms with van der Waals surface area (Å²) < 4.78 is 5.25. The van der Waals surface area contributed by atoms with Crippen LogP contribution in [0.3, 0.4) is 0 Å². The fraction of sp³-hybridized carbons (Fsp3) is 0.571. The normalized spacial score (nSPS) is 29.1. The van der Waals surface area contributed by atoms with Crippen molar-refractivity contribution in [2.75, 3.05) is 21.2 Å². The molecule has 62 valence electrons. The van der Waals surface area contributed by atoms with Crippen LogP contribution in [0, 0.1) is 0 Å². The van der Waals surface area contributed by atoms with E-state index >= 15 is 0 Å². The lowest BCUT2D eigenvalue weighted by Gasteiger charge is -2.35. The van der Waals surface area contributed by atoms with E-state index in [0.717, 1.165) is 0 Å². The van der Waals surface area contributed by atoms with Crippen molar-refractivity contribution in [3.8, 4) is 0 Å². The van der Waals surface area contributed by atoms with Crippen molar-refractivity contribution in [1.82, 2.24) is 10.2 Å². The molecule has 0 amide bonds. The molecule has 0 bridgehead atoms. The summed E-state index contributed by atoms with van der Waals surface area (Å²) >= 11 is 0. The number of nitrogens with one attached hydrogen (secondary N) is 1. The lowest BCUT2D eigenvalue weighted by Crippen LogP contribution is -2.57. The maximum atomic E-state index is 5.25. The van der Waals surface area contributed by atoms with Crippen LogP contribution in [0.15, 0.2) is 17.4 Å². The van der Waals surface area contributed by atoms with Crippen LogP contribution in [0.5, 0.6) is 0 Å². The Bertz CT molecular complexity index is 188. The highest BCUT2D eigenvalue weighted by molar-refractivity contribution is 5.69. The Hall–Kier alpha value is -0.870. The van der Waals surface area contributed by atoms with Gasteiger partial charge in [-0.25, -0.2) is 0 Å². The Morgan fingerprint density at radius 3 is 2.55 bits per heavy atom. The number of hydrogen-bond acceptors (Lipinski definition) is 4. The van der Waals surface area contributed by atoms with Gasteiger partial charge < -0.3 is 10.1 Å². The van der Waals surface area contributed by atoms with E-state index in [2.05, 4.69) is 10.3 Å². The van der Waals surface area contributed by atoms with E-state index in [-0.39, 0.29) is 0 Å². The SMILES string of the molecule is COC1(N(C)C)C=NC=CN1. The van der Waals surface area contributed by atoms with Crippen molar-refractivity contribution < 1.29 is 4.74 Å². The topological polar surface area (TPSA) is 36.9 Å². The second kappa shape index (κ2) is 3.02. The molecule has 0 saturated carbocycles. The van der Waals surface area contributed by atoms with Crippen molar-refractivity contribution in [1.29, 1.82) is 0 Å². The van der Waals surface area contributed by atoms with Crippen LogP contribution in [-0.4, -0.2) is 38.2 Å². The van der Waals surface area contributed by atoms with E-state index in [1.807, 2.05) is 19.0 Å². The minimum atomic E-state index is -0.575. The zero-order chi connectivity index (χ0) is 8.32. The van der Waals surface area contributed by atoms with Crippen molar-refractivity contribution >= 4 is 6.21 Å². The van der Waals surface area contributed by atoms with Gasteiger partial charge in [-0.1, -0.05) is 0 Å². The van der Waals surface area contributed by atoms with E-state index in [1.54, 1.807) is 25.7 Å². The van der Waals surface area contributed by atoms with Crippen molar-refractivity contribution in [2.24, 2.45) is 4.99 Å². The molecule has 1 atom stereocenters. The van der Waals surface area contributed by atoms with Crippen LogP contribution in [0.25, 0.3) is 0 Å². The maximum absolute atomic E-state index is 5.25. The first-order valence-electron chi connectivity index (χ1n) is 3.41. The average Bonchev–Trinajstić information content (AvgIpc) is 2.05. The summed E-state index contributed by atoms with van der Waals surface area (Å²) in [5.41, 5.74) is 0. The third-order valence-corrected chi connectivity index (χ3v) is 1.68. The van der Waals surface area contributed by atoms with Gasteiger partial charge in [0.05, 0.1) is 6.21 Å². The standard InChI is InChI=1S/C7H13N3O/c1-10(2)7(11-3)6-8-4-5-9-7/h4-6,9H,1-3H3. The molecule has 4 nitrogen and oxygen atoms in total. The highest BCUT2D eigenvalue weighted by Crippen LogP contribution is 2.08. The molecule has 1 rings (SSSR count). The van der Waals surface area contributed by atoms with Gasteiger partial charge >= 0.3 is 0 Å². The minimum absolute atomic E-state index is 0.575.